The Labute approximate surface area is 256 Å². The molecule has 0 spiro atoms. The fourth-order valence-electron chi connectivity index (χ4n) is 5.17. The maximum atomic E-state index is 13.6. The van der Waals surface area contributed by atoms with Crippen LogP contribution >= 0.6 is 11.3 Å². The Morgan fingerprint density at radius 1 is 1.05 bits per heavy atom. The van der Waals surface area contributed by atoms with E-state index in [-0.39, 0.29) is 17.3 Å². The number of fused-ring (bicyclic) bond motifs is 1. The van der Waals surface area contributed by atoms with Crippen LogP contribution in [-0.4, -0.2) is 40.8 Å². The summed E-state index contributed by atoms with van der Waals surface area (Å²) in [5.74, 6) is 1.65. The Bertz CT molecular complexity index is 1590. The normalized spacial score (nSPS) is 16.2. The quantitative estimate of drug-likeness (QED) is 0.238. The molecule has 1 saturated heterocycles. The second-order valence-electron chi connectivity index (χ2n) is 10.3. The molecule has 2 aliphatic heterocycles. The molecule has 0 amide bonds. The monoisotopic (exact) mass is 625 g/mol. The lowest BCUT2D eigenvalue weighted by molar-refractivity contribution is 0.287. The molecule has 1 atom stereocenters. The van der Waals surface area contributed by atoms with Gasteiger partial charge in [-0.3, -0.25) is 0 Å². The Morgan fingerprint density at radius 3 is 2.58 bits per heavy atom. The number of thiazole rings is 1. The van der Waals surface area contributed by atoms with Crippen molar-refractivity contribution in [1.82, 2.24) is 10.3 Å². The zero-order valence-corrected chi connectivity index (χ0v) is 25.9. The second-order valence-corrected chi connectivity index (χ2v) is 13.0. The summed E-state index contributed by atoms with van der Waals surface area (Å²) in [6.07, 6.45) is 7.11. The van der Waals surface area contributed by atoms with Crippen LogP contribution in [0.4, 0.5) is 9.52 Å². The van der Waals surface area contributed by atoms with E-state index in [0.717, 1.165) is 24.9 Å². The number of rotatable bonds is 8. The molecule has 0 saturated carbocycles. The van der Waals surface area contributed by atoms with E-state index in [1.54, 1.807) is 56.1 Å². The zero-order chi connectivity index (χ0) is 30.2. The number of anilines is 1. The van der Waals surface area contributed by atoms with Crippen LogP contribution in [-0.2, 0) is 23.0 Å². The standard InChI is InChI=1S/C21H22N2O5S2.C11H14FN/c1-26-17-7-5-16(19(12-17)27-2)14-23(21-22-9-11-29-21)30(24,25)18-8-6-15-4-3-10-28-20(15)13-18;12-10-6-4-9(5-7-10)11-3-1-2-8-13-11/h5-9,11-13H,3-4,10,14H2,1-2H3;4-7,11,13H,1-3,8H2. The molecule has 1 fully saturated rings. The highest BCUT2D eigenvalue weighted by Gasteiger charge is 2.29. The fourth-order valence-corrected chi connectivity index (χ4v) is 7.45. The van der Waals surface area contributed by atoms with Gasteiger partial charge >= 0.3 is 0 Å². The van der Waals surface area contributed by atoms with Crippen LogP contribution in [0.1, 0.15) is 48.4 Å². The Morgan fingerprint density at radius 2 is 1.88 bits per heavy atom. The molecule has 3 heterocycles. The summed E-state index contributed by atoms with van der Waals surface area (Å²) in [6, 6.07) is 17.6. The van der Waals surface area contributed by atoms with Gasteiger partial charge < -0.3 is 19.5 Å². The number of benzene rings is 3. The maximum absolute atomic E-state index is 13.6. The lowest BCUT2D eigenvalue weighted by Gasteiger charge is -2.24. The van der Waals surface area contributed by atoms with Crippen LogP contribution in [0, 0.1) is 5.82 Å². The molecule has 0 radical (unpaired) electrons. The third-order valence-corrected chi connectivity index (χ3v) is 10.1. The van der Waals surface area contributed by atoms with Crippen molar-refractivity contribution in [2.75, 3.05) is 31.7 Å². The Balaban J connectivity index is 0.000000235. The van der Waals surface area contributed by atoms with Gasteiger partial charge in [-0.2, -0.15) is 0 Å². The number of sulfonamides is 1. The van der Waals surface area contributed by atoms with Crippen LogP contribution < -0.4 is 23.8 Å². The summed E-state index contributed by atoms with van der Waals surface area (Å²) >= 11 is 1.26. The molecule has 1 aromatic heterocycles. The summed E-state index contributed by atoms with van der Waals surface area (Å²) in [4.78, 5) is 4.42. The van der Waals surface area contributed by atoms with Gasteiger partial charge in [0, 0.05) is 35.3 Å². The van der Waals surface area contributed by atoms with Crippen molar-refractivity contribution < 1.29 is 27.0 Å². The lowest BCUT2D eigenvalue weighted by Crippen LogP contribution is -2.30. The van der Waals surface area contributed by atoms with E-state index in [1.807, 2.05) is 18.2 Å². The zero-order valence-electron chi connectivity index (χ0n) is 24.3. The Kier molecular flexibility index (Phi) is 10.2. The molecule has 3 aromatic carbocycles. The largest absolute Gasteiger partial charge is 0.497 e. The summed E-state index contributed by atoms with van der Waals surface area (Å²) in [7, 11) is -0.771. The highest BCUT2D eigenvalue weighted by Crippen LogP contribution is 2.34. The van der Waals surface area contributed by atoms with E-state index < -0.39 is 10.0 Å². The van der Waals surface area contributed by atoms with E-state index in [2.05, 4.69) is 10.3 Å². The molecule has 11 heteroatoms. The van der Waals surface area contributed by atoms with Gasteiger partial charge in [0.1, 0.15) is 23.1 Å². The first-order chi connectivity index (χ1) is 20.9. The van der Waals surface area contributed by atoms with E-state index in [0.29, 0.717) is 40.6 Å². The number of halogens is 1. The number of nitrogens with zero attached hydrogens (tertiary/aromatic N) is 2. The van der Waals surface area contributed by atoms with Gasteiger partial charge in [0.15, 0.2) is 5.13 Å². The average Bonchev–Trinajstić information content (AvgIpc) is 3.59. The highest BCUT2D eigenvalue weighted by molar-refractivity contribution is 7.93. The minimum atomic E-state index is -3.88. The van der Waals surface area contributed by atoms with Crippen molar-refractivity contribution in [3.63, 3.8) is 0 Å². The number of nitrogens with one attached hydrogen (secondary N) is 1. The van der Waals surface area contributed by atoms with E-state index in [1.165, 1.54) is 52.6 Å². The SMILES string of the molecule is COc1ccc(CN(c2nccs2)S(=O)(=O)c2ccc3c(c2)OCCC3)c(OC)c1.Fc1ccc(C2CCCCN2)cc1. The molecule has 8 nitrogen and oxygen atoms in total. The van der Waals surface area contributed by atoms with Gasteiger partial charge in [-0.25, -0.2) is 22.1 Å². The number of methoxy groups -OCH3 is 2. The molecule has 43 heavy (non-hydrogen) atoms. The van der Waals surface area contributed by atoms with Crippen molar-refractivity contribution >= 4 is 26.5 Å². The number of hydrogen-bond donors (Lipinski definition) is 1. The number of aromatic nitrogens is 1. The summed E-state index contributed by atoms with van der Waals surface area (Å²) < 4.78 is 57.5. The van der Waals surface area contributed by atoms with E-state index in [4.69, 9.17) is 14.2 Å². The van der Waals surface area contributed by atoms with Crippen molar-refractivity contribution in [2.24, 2.45) is 0 Å². The molecule has 228 valence electrons. The molecule has 1 N–H and O–H groups in total. The number of hydrogen-bond acceptors (Lipinski definition) is 8. The van der Waals surface area contributed by atoms with Crippen molar-refractivity contribution in [2.45, 2.75) is 49.6 Å². The topological polar surface area (TPSA) is 90.0 Å². The average molecular weight is 626 g/mol. The van der Waals surface area contributed by atoms with Crippen LogP contribution in [0.5, 0.6) is 17.2 Å². The fraction of sp³-hybridized carbons (Fsp3) is 0.344. The smallest absolute Gasteiger partial charge is 0.266 e. The van der Waals surface area contributed by atoms with E-state index in [9.17, 15) is 12.8 Å². The van der Waals surface area contributed by atoms with E-state index >= 15 is 0 Å². The minimum absolute atomic E-state index is 0.0704. The maximum Gasteiger partial charge on any atom is 0.266 e. The molecule has 0 bridgehead atoms. The van der Waals surface area contributed by atoms with Crippen LogP contribution in [0.25, 0.3) is 0 Å². The van der Waals surface area contributed by atoms with Crippen LogP contribution in [0.15, 0.2) is 77.1 Å². The van der Waals surface area contributed by atoms with Gasteiger partial charge in [-0.1, -0.05) is 24.6 Å². The Hall–Kier alpha value is -3.67. The predicted octanol–water partition coefficient (Wildman–Crippen LogP) is 6.52. The molecular formula is C32H36FN3O5S2. The molecular weight excluding hydrogens is 590 g/mol. The third kappa shape index (κ3) is 7.46. The predicted molar refractivity (Wildman–Crippen MR) is 166 cm³/mol. The molecule has 4 aromatic rings. The molecule has 6 rings (SSSR count). The summed E-state index contributed by atoms with van der Waals surface area (Å²) in [5.41, 5.74) is 2.94. The molecule has 0 aliphatic carbocycles. The highest BCUT2D eigenvalue weighted by atomic mass is 32.2. The van der Waals surface area contributed by atoms with Crippen LogP contribution in [0.2, 0.25) is 0 Å². The van der Waals surface area contributed by atoms with Gasteiger partial charge in [-0.15, -0.1) is 11.3 Å². The lowest BCUT2D eigenvalue weighted by atomic mass is 9.98. The second kappa shape index (κ2) is 14.2. The van der Waals surface area contributed by atoms with Crippen LogP contribution in [0.3, 0.4) is 0 Å². The number of ether oxygens (including phenoxy) is 3. The van der Waals surface area contributed by atoms with Crippen molar-refractivity contribution in [3.05, 3.63) is 94.7 Å². The molecule has 1 unspecified atom stereocenters. The number of aryl methyl sites for hydroxylation is 1. The van der Waals surface area contributed by atoms with Gasteiger partial charge in [0.2, 0.25) is 0 Å². The van der Waals surface area contributed by atoms with Gasteiger partial charge in [0.05, 0.1) is 32.3 Å². The minimum Gasteiger partial charge on any atom is -0.497 e. The first-order valence-electron chi connectivity index (χ1n) is 14.3. The first kappa shape index (κ1) is 30.8. The third-order valence-electron chi connectivity index (χ3n) is 7.50. The van der Waals surface area contributed by atoms with Crippen molar-refractivity contribution in [3.8, 4) is 17.2 Å². The van der Waals surface area contributed by atoms with Gasteiger partial charge in [-0.05, 0) is 73.7 Å². The molecule has 2 aliphatic rings. The number of piperidine rings is 1. The summed E-state index contributed by atoms with van der Waals surface area (Å²) in [6.45, 7) is 1.75. The summed E-state index contributed by atoms with van der Waals surface area (Å²) in [5, 5.41) is 5.56. The van der Waals surface area contributed by atoms with Gasteiger partial charge in [0.25, 0.3) is 10.0 Å². The van der Waals surface area contributed by atoms with Crippen molar-refractivity contribution in [1.29, 1.82) is 0 Å². The first-order valence-corrected chi connectivity index (χ1v) is 16.6.